The first-order chi connectivity index (χ1) is 10.4. The van der Waals surface area contributed by atoms with E-state index in [-0.39, 0.29) is 0 Å². The number of hydrogen-bond acceptors (Lipinski definition) is 2. The lowest BCUT2D eigenvalue weighted by atomic mass is 10.1. The molecule has 0 unspecified atom stereocenters. The molecule has 1 aliphatic heterocycles. The third-order valence-corrected chi connectivity index (χ3v) is 4.32. The van der Waals surface area contributed by atoms with Gasteiger partial charge in [-0.25, -0.2) is 0 Å². The lowest BCUT2D eigenvalue weighted by Crippen LogP contribution is -2.32. The van der Waals surface area contributed by atoms with Crippen LogP contribution in [0.15, 0.2) is 30.5 Å². The van der Waals surface area contributed by atoms with Crippen LogP contribution in [0.25, 0.3) is 10.9 Å². The molecule has 3 heteroatoms. The van der Waals surface area contributed by atoms with Crippen molar-refractivity contribution in [2.45, 2.75) is 39.2 Å². The Balaban J connectivity index is 1.65. The highest BCUT2D eigenvalue weighted by Gasteiger charge is 2.10. The highest BCUT2D eigenvalue weighted by molar-refractivity contribution is 5.81. The third-order valence-electron chi connectivity index (χ3n) is 4.32. The molecule has 0 radical (unpaired) electrons. The molecule has 21 heavy (non-hydrogen) atoms. The van der Waals surface area contributed by atoms with Crippen molar-refractivity contribution in [3.05, 3.63) is 30.5 Å². The summed E-state index contributed by atoms with van der Waals surface area (Å²) < 4.78 is 8.08. The van der Waals surface area contributed by atoms with E-state index in [0.29, 0.717) is 0 Å². The second-order valence-electron chi connectivity index (χ2n) is 5.98. The Labute approximate surface area is 127 Å². The molecule has 1 aromatic carbocycles. The maximum Gasteiger partial charge on any atom is 0.120 e. The van der Waals surface area contributed by atoms with Crippen LogP contribution in [0.3, 0.4) is 0 Å². The van der Waals surface area contributed by atoms with Crippen LogP contribution >= 0.6 is 0 Å². The molecule has 0 aliphatic carbocycles. The summed E-state index contributed by atoms with van der Waals surface area (Å²) in [5.41, 5.74) is 1.32. The van der Waals surface area contributed by atoms with Gasteiger partial charge in [-0.3, -0.25) is 0 Å². The van der Waals surface area contributed by atoms with E-state index in [2.05, 4.69) is 46.9 Å². The van der Waals surface area contributed by atoms with Crippen LogP contribution in [0.2, 0.25) is 0 Å². The van der Waals surface area contributed by atoms with Crippen LogP contribution in [-0.2, 0) is 6.54 Å². The molecular weight excluding hydrogens is 260 g/mol. The normalized spacial score (nSPS) is 16.4. The van der Waals surface area contributed by atoms with Gasteiger partial charge in [0, 0.05) is 30.2 Å². The van der Waals surface area contributed by atoms with Crippen molar-refractivity contribution in [3.8, 4) is 5.75 Å². The minimum Gasteiger partial charge on any atom is -0.494 e. The van der Waals surface area contributed by atoms with E-state index in [1.165, 1.54) is 43.3 Å². The molecule has 114 valence electrons. The van der Waals surface area contributed by atoms with E-state index < -0.39 is 0 Å². The summed E-state index contributed by atoms with van der Waals surface area (Å²) >= 11 is 0. The summed E-state index contributed by atoms with van der Waals surface area (Å²) in [5.74, 6) is 0.984. The minimum absolute atomic E-state index is 0.793. The predicted octanol–water partition coefficient (Wildman–Crippen LogP) is 3.92. The number of hydrogen-bond donors (Lipinski definition) is 0. The lowest BCUT2D eigenvalue weighted by molar-refractivity contribution is 0.221. The molecule has 2 heterocycles. The molecule has 3 nitrogen and oxygen atoms in total. The number of likely N-dealkylation sites (tertiary alicyclic amines) is 1. The first kappa shape index (κ1) is 14.5. The van der Waals surface area contributed by atoms with Crippen LogP contribution < -0.4 is 4.74 Å². The second-order valence-corrected chi connectivity index (χ2v) is 5.98. The van der Waals surface area contributed by atoms with Crippen LogP contribution in [0.1, 0.15) is 32.6 Å². The number of nitrogens with zero attached hydrogens (tertiary/aromatic N) is 2. The number of piperidine rings is 1. The average molecular weight is 286 g/mol. The fraction of sp³-hybridized carbons (Fsp3) is 0.556. The van der Waals surface area contributed by atoms with E-state index in [0.717, 1.165) is 31.9 Å². The smallest absolute Gasteiger partial charge is 0.120 e. The standard InChI is InChI=1S/C18H26N2O/c1-2-14-21-17-6-7-18-16(15-17)8-11-20(18)13-12-19-9-4-3-5-10-19/h6-8,11,15H,2-5,9-10,12-14H2,1H3. The Morgan fingerprint density at radius 1 is 1.05 bits per heavy atom. The van der Waals surface area contributed by atoms with E-state index in [9.17, 15) is 0 Å². The maximum absolute atomic E-state index is 5.71. The van der Waals surface area contributed by atoms with Gasteiger partial charge in [0.15, 0.2) is 0 Å². The van der Waals surface area contributed by atoms with Crippen molar-refractivity contribution in [2.24, 2.45) is 0 Å². The molecule has 1 saturated heterocycles. The second kappa shape index (κ2) is 6.99. The Bertz CT molecular complexity index is 570. The average Bonchev–Trinajstić information content (AvgIpc) is 2.94. The predicted molar refractivity (Wildman–Crippen MR) is 88.0 cm³/mol. The van der Waals surface area contributed by atoms with Gasteiger partial charge in [-0.15, -0.1) is 0 Å². The quantitative estimate of drug-likeness (QED) is 0.801. The number of ether oxygens (including phenoxy) is 1. The Morgan fingerprint density at radius 2 is 1.90 bits per heavy atom. The zero-order valence-corrected chi connectivity index (χ0v) is 13.1. The molecule has 0 bridgehead atoms. The summed E-state index contributed by atoms with van der Waals surface area (Å²) in [6.07, 6.45) is 7.39. The van der Waals surface area contributed by atoms with Gasteiger partial charge in [-0.2, -0.15) is 0 Å². The van der Waals surface area contributed by atoms with E-state index in [4.69, 9.17) is 4.74 Å². The largest absolute Gasteiger partial charge is 0.494 e. The molecule has 3 rings (SSSR count). The summed E-state index contributed by atoms with van der Waals surface area (Å²) in [5, 5.41) is 1.28. The van der Waals surface area contributed by atoms with E-state index in [1.807, 2.05) is 0 Å². The summed E-state index contributed by atoms with van der Waals surface area (Å²) in [6.45, 7) is 7.72. The lowest BCUT2D eigenvalue weighted by Gasteiger charge is -2.26. The SMILES string of the molecule is CCCOc1ccc2c(ccn2CCN2CCCCC2)c1. The van der Waals surface area contributed by atoms with Crippen LogP contribution in [-0.4, -0.2) is 35.7 Å². The van der Waals surface area contributed by atoms with Crippen LogP contribution in [0.5, 0.6) is 5.75 Å². The van der Waals surface area contributed by atoms with Gasteiger partial charge in [0.2, 0.25) is 0 Å². The third kappa shape index (κ3) is 3.59. The van der Waals surface area contributed by atoms with Gasteiger partial charge in [0.25, 0.3) is 0 Å². The number of fused-ring (bicyclic) bond motifs is 1. The van der Waals surface area contributed by atoms with Crippen molar-refractivity contribution >= 4 is 10.9 Å². The Hall–Kier alpha value is -1.48. The van der Waals surface area contributed by atoms with E-state index >= 15 is 0 Å². The van der Waals surface area contributed by atoms with Gasteiger partial charge in [-0.1, -0.05) is 13.3 Å². The summed E-state index contributed by atoms with van der Waals surface area (Å²) in [7, 11) is 0. The molecule has 0 amide bonds. The highest BCUT2D eigenvalue weighted by atomic mass is 16.5. The molecule has 1 fully saturated rings. The monoisotopic (exact) mass is 286 g/mol. The van der Waals surface area contributed by atoms with Crippen molar-refractivity contribution in [1.82, 2.24) is 9.47 Å². The minimum atomic E-state index is 0.793. The first-order valence-electron chi connectivity index (χ1n) is 8.31. The molecule has 2 aromatic rings. The maximum atomic E-state index is 5.71. The number of benzene rings is 1. The highest BCUT2D eigenvalue weighted by Crippen LogP contribution is 2.22. The van der Waals surface area contributed by atoms with Crippen molar-refractivity contribution in [3.63, 3.8) is 0 Å². The van der Waals surface area contributed by atoms with Crippen molar-refractivity contribution in [2.75, 3.05) is 26.2 Å². The van der Waals surface area contributed by atoms with Crippen molar-refractivity contribution in [1.29, 1.82) is 0 Å². The molecule has 1 aromatic heterocycles. The Kier molecular flexibility index (Phi) is 4.81. The van der Waals surface area contributed by atoms with Crippen molar-refractivity contribution < 1.29 is 4.74 Å². The molecule has 0 atom stereocenters. The Morgan fingerprint density at radius 3 is 2.71 bits per heavy atom. The summed E-state index contributed by atoms with van der Waals surface area (Å²) in [6, 6.07) is 8.64. The van der Waals surface area contributed by atoms with Gasteiger partial charge < -0.3 is 14.2 Å². The molecule has 1 aliphatic rings. The molecule has 0 N–H and O–H groups in total. The van der Waals surface area contributed by atoms with Gasteiger partial charge >= 0.3 is 0 Å². The van der Waals surface area contributed by atoms with Gasteiger partial charge in [-0.05, 0) is 56.6 Å². The van der Waals surface area contributed by atoms with Crippen LogP contribution in [0.4, 0.5) is 0 Å². The van der Waals surface area contributed by atoms with Gasteiger partial charge in [0.1, 0.15) is 5.75 Å². The first-order valence-corrected chi connectivity index (χ1v) is 8.31. The summed E-state index contributed by atoms with van der Waals surface area (Å²) in [4.78, 5) is 2.59. The van der Waals surface area contributed by atoms with E-state index in [1.54, 1.807) is 0 Å². The zero-order chi connectivity index (χ0) is 14.5. The molecule has 0 spiro atoms. The number of aromatic nitrogens is 1. The number of rotatable bonds is 6. The zero-order valence-electron chi connectivity index (χ0n) is 13.1. The fourth-order valence-corrected chi connectivity index (χ4v) is 3.12. The topological polar surface area (TPSA) is 17.4 Å². The van der Waals surface area contributed by atoms with Crippen LogP contribution in [0, 0.1) is 0 Å². The molecular formula is C18H26N2O. The molecule has 0 saturated carbocycles. The fourth-order valence-electron chi connectivity index (χ4n) is 3.12. The van der Waals surface area contributed by atoms with Gasteiger partial charge in [0.05, 0.1) is 6.61 Å².